The van der Waals surface area contributed by atoms with Crippen molar-refractivity contribution in [3.05, 3.63) is 58.0 Å². The third-order valence-electron chi connectivity index (χ3n) is 4.72. The Morgan fingerprint density at radius 2 is 1.25 bits per heavy atom. The van der Waals surface area contributed by atoms with Crippen LogP contribution in [0.25, 0.3) is 11.4 Å². The molecule has 0 N–H and O–H groups in total. The highest BCUT2D eigenvalue weighted by atomic mass is 32.1. The van der Waals surface area contributed by atoms with Crippen molar-refractivity contribution >= 4 is 34.9 Å². The Hall–Kier alpha value is -1.50. The van der Waals surface area contributed by atoms with E-state index in [-0.39, 0.29) is 4.87 Å². The predicted octanol–water partition coefficient (Wildman–Crippen LogP) is 5.33. The number of benzene rings is 1. The summed E-state index contributed by atoms with van der Waals surface area (Å²) < 4.78 is 4.80. The van der Waals surface area contributed by atoms with Crippen LogP contribution in [0, 0.1) is 45.5 Å². The average molecular weight is 377 g/mol. The van der Waals surface area contributed by atoms with Gasteiger partial charge < -0.3 is 0 Å². The van der Waals surface area contributed by atoms with Gasteiger partial charge in [-0.05, 0) is 76.0 Å². The SMILES string of the molecule is Cc1c(C)c(-n2c(C)csc2=O)c(C)c(-n2c(C)csc2=S)c1C. The van der Waals surface area contributed by atoms with E-state index in [4.69, 9.17) is 12.2 Å². The summed E-state index contributed by atoms with van der Waals surface area (Å²) in [5.74, 6) is 0. The van der Waals surface area contributed by atoms with Crippen molar-refractivity contribution < 1.29 is 0 Å². The standard InChI is InChI=1S/C18H20N2OS3/c1-9-7-23-17(21)19(9)15-12(4)11(3)13(5)16(14(15)6)20-10(2)8-24-18(20)22/h7-8H,1-6H3. The molecule has 3 nitrogen and oxygen atoms in total. The Bertz CT molecular complexity index is 982. The number of hydrogen-bond acceptors (Lipinski definition) is 4. The van der Waals surface area contributed by atoms with E-state index in [9.17, 15) is 4.79 Å². The normalized spacial score (nSPS) is 11.2. The Labute approximate surface area is 154 Å². The van der Waals surface area contributed by atoms with Crippen molar-refractivity contribution in [3.8, 4) is 11.4 Å². The van der Waals surface area contributed by atoms with Gasteiger partial charge in [-0.15, -0.1) is 11.3 Å². The first-order valence-electron chi connectivity index (χ1n) is 7.71. The summed E-state index contributed by atoms with van der Waals surface area (Å²) in [6.07, 6.45) is 0. The molecule has 0 atom stereocenters. The first-order valence-corrected chi connectivity index (χ1v) is 9.87. The zero-order valence-corrected chi connectivity index (χ0v) is 17.1. The second-order valence-corrected chi connectivity index (χ2v) is 8.48. The van der Waals surface area contributed by atoms with E-state index >= 15 is 0 Å². The van der Waals surface area contributed by atoms with Gasteiger partial charge in [-0.3, -0.25) is 13.9 Å². The van der Waals surface area contributed by atoms with Gasteiger partial charge in [0.15, 0.2) is 3.95 Å². The maximum Gasteiger partial charge on any atom is 0.311 e. The molecule has 0 aliphatic carbocycles. The van der Waals surface area contributed by atoms with Crippen LogP contribution >= 0.6 is 34.9 Å². The molecule has 0 radical (unpaired) electrons. The topological polar surface area (TPSA) is 26.9 Å². The van der Waals surface area contributed by atoms with Crippen LogP contribution in [0.15, 0.2) is 15.6 Å². The van der Waals surface area contributed by atoms with Gasteiger partial charge in [-0.25, -0.2) is 0 Å². The summed E-state index contributed by atoms with van der Waals surface area (Å²) in [6.45, 7) is 12.5. The molecule has 0 spiro atoms. The maximum absolute atomic E-state index is 12.4. The van der Waals surface area contributed by atoms with Crippen LogP contribution in [-0.4, -0.2) is 9.13 Å². The van der Waals surface area contributed by atoms with E-state index < -0.39 is 0 Å². The molecule has 24 heavy (non-hydrogen) atoms. The number of aryl methyl sites for hydroxylation is 2. The van der Waals surface area contributed by atoms with Crippen molar-refractivity contribution in [1.82, 2.24) is 9.13 Å². The van der Waals surface area contributed by atoms with Crippen LogP contribution in [0.4, 0.5) is 0 Å². The molecule has 3 rings (SSSR count). The van der Waals surface area contributed by atoms with Gasteiger partial charge in [0.05, 0.1) is 11.4 Å². The van der Waals surface area contributed by atoms with Gasteiger partial charge in [-0.1, -0.05) is 11.3 Å². The first kappa shape index (κ1) is 17.3. The van der Waals surface area contributed by atoms with E-state index in [0.717, 1.165) is 37.8 Å². The summed E-state index contributed by atoms with van der Waals surface area (Å²) >= 11 is 8.38. The maximum atomic E-state index is 12.4. The highest BCUT2D eigenvalue weighted by molar-refractivity contribution is 7.73. The van der Waals surface area contributed by atoms with E-state index in [1.54, 1.807) is 11.3 Å². The lowest BCUT2D eigenvalue weighted by molar-refractivity contribution is 0.917. The zero-order chi connectivity index (χ0) is 17.8. The highest BCUT2D eigenvalue weighted by Crippen LogP contribution is 2.34. The van der Waals surface area contributed by atoms with Gasteiger partial charge in [0, 0.05) is 22.1 Å². The smallest absolute Gasteiger partial charge is 0.296 e. The van der Waals surface area contributed by atoms with Gasteiger partial charge in [0.2, 0.25) is 0 Å². The van der Waals surface area contributed by atoms with Crippen molar-refractivity contribution in [1.29, 1.82) is 0 Å². The minimum atomic E-state index is 0.0542. The molecule has 2 aromatic heterocycles. The van der Waals surface area contributed by atoms with Crippen molar-refractivity contribution in [2.75, 3.05) is 0 Å². The van der Waals surface area contributed by atoms with Crippen LogP contribution in [0.1, 0.15) is 33.6 Å². The number of aromatic nitrogens is 2. The molecule has 0 aliphatic rings. The van der Waals surface area contributed by atoms with E-state index in [1.165, 1.54) is 22.5 Å². The fourth-order valence-corrected chi connectivity index (χ4v) is 5.10. The summed E-state index contributed by atoms with van der Waals surface area (Å²) in [7, 11) is 0. The second kappa shape index (κ2) is 6.10. The first-order chi connectivity index (χ1) is 11.3. The largest absolute Gasteiger partial charge is 0.311 e. The molecule has 3 aromatic rings. The minimum absolute atomic E-state index is 0.0542. The average Bonchev–Trinajstić information content (AvgIpc) is 3.03. The van der Waals surface area contributed by atoms with Crippen LogP contribution < -0.4 is 4.87 Å². The lowest BCUT2D eigenvalue weighted by Crippen LogP contribution is -2.18. The third-order valence-corrected chi connectivity index (χ3v) is 6.88. The van der Waals surface area contributed by atoms with Crippen LogP contribution in [-0.2, 0) is 0 Å². The molecule has 6 heteroatoms. The molecular formula is C18H20N2OS3. The predicted molar refractivity (Wildman–Crippen MR) is 106 cm³/mol. The van der Waals surface area contributed by atoms with Crippen molar-refractivity contribution in [2.24, 2.45) is 0 Å². The summed E-state index contributed by atoms with van der Waals surface area (Å²) in [5.41, 5.74) is 8.85. The molecular weight excluding hydrogens is 356 g/mol. The van der Waals surface area contributed by atoms with Crippen LogP contribution in [0.2, 0.25) is 0 Å². The molecule has 0 saturated carbocycles. The molecule has 1 aromatic carbocycles. The quantitative estimate of drug-likeness (QED) is 0.565. The second-order valence-electron chi connectivity index (χ2n) is 6.15. The molecule has 0 unspecified atom stereocenters. The lowest BCUT2D eigenvalue weighted by Gasteiger charge is -2.22. The zero-order valence-electron chi connectivity index (χ0n) is 14.7. The molecule has 0 saturated heterocycles. The van der Waals surface area contributed by atoms with Crippen molar-refractivity contribution in [3.63, 3.8) is 0 Å². The molecule has 0 fully saturated rings. The lowest BCUT2D eigenvalue weighted by atomic mass is 9.95. The fourth-order valence-electron chi connectivity index (χ4n) is 3.29. The summed E-state index contributed by atoms with van der Waals surface area (Å²) in [5, 5.41) is 4.00. The number of rotatable bonds is 2. The van der Waals surface area contributed by atoms with E-state index in [1.807, 2.05) is 16.9 Å². The molecule has 0 bridgehead atoms. The number of thiazole rings is 2. The van der Waals surface area contributed by atoms with Crippen LogP contribution in [0.3, 0.4) is 0 Å². The Balaban J connectivity index is 2.51. The van der Waals surface area contributed by atoms with E-state index in [2.05, 4.69) is 44.6 Å². The Morgan fingerprint density at radius 3 is 1.71 bits per heavy atom. The Morgan fingerprint density at radius 1 is 0.750 bits per heavy atom. The molecule has 126 valence electrons. The van der Waals surface area contributed by atoms with Crippen molar-refractivity contribution in [2.45, 2.75) is 41.5 Å². The Kier molecular flexibility index (Phi) is 4.40. The van der Waals surface area contributed by atoms with Gasteiger partial charge in [0.25, 0.3) is 0 Å². The van der Waals surface area contributed by atoms with Gasteiger partial charge in [0.1, 0.15) is 0 Å². The summed E-state index contributed by atoms with van der Waals surface area (Å²) in [4.78, 5) is 12.5. The fraction of sp³-hybridized carbons (Fsp3) is 0.333. The minimum Gasteiger partial charge on any atom is -0.296 e. The van der Waals surface area contributed by atoms with E-state index in [0.29, 0.717) is 0 Å². The van der Waals surface area contributed by atoms with Gasteiger partial charge >= 0.3 is 4.87 Å². The molecule has 2 heterocycles. The van der Waals surface area contributed by atoms with Gasteiger partial charge in [-0.2, -0.15) is 0 Å². The third kappa shape index (κ3) is 2.44. The highest BCUT2D eigenvalue weighted by Gasteiger charge is 2.21. The molecule has 0 amide bonds. The monoisotopic (exact) mass is 376 g/mol. The number of hydrogen-bond donors (Lipinski definition) is 0. The number of nitrogens with zero attached hydrogens (tertiary/aromatic N) is 2. The summed E-state index contributed by atoms with van der Waals surface area (Å²) in [6, 6.07) is 0. The molecule has 0 aliphatic heterocycles. The van der Waals surface area contributed by atoms with Crippen LogP contribution in [0.5, 0.6) is 0 Å².